The summed E-state index contributed by atoms with van der Waals surface area (Å²) in [5.41, 5.74) is 6.35. The number of aryl methyl sites for hydroxylation is 1. The highest BCUT2D eigenvalue weighted by Gasteiger charge is 2.62. The summed E-state index contributed by atoms with van der Waals surface area (Å²) in [5.74, 6) is -0.884. The first kappa shape index (κ1) is 19.0. The van der Waals surface area contributed by atoms with Crippen LogP contribution in [0.4, 0.5) is 5.69 Å². The van der Waals surface area contributed by atoms with Crippen LogP contribution in [0.3, 0.4) is 0 Å². The maximum atomic E-state index is 13.6. The van der Waals surface area contributed by atoms with Gasteiger partial charge in [-0.05, 0) is 46.9 Å². The van der Waals surface area contributed by atoms with Crippen molar-refractivity contribution < 1.29 is 9.59 Å². The van der Waals surface area contributed by atoms with Gasteiger partial charge in [0.25, 0.3) is 0 Å². The van der Waals surface area contributed by atoms with Crippen LogP contribution in [0.2, 0.25) is 0 Å². The van der Waals surface area contributed by atoms with Crippen LogP contribution in [0, 0.1) is 30.6 Å². The lowest BCUT2D eigenvalue weighted by molar-refractivity contribution is -0.122. The molecule has 0 N–H and O–H groups in total. The number of carbonyl (C=O) groups excluding carboxylic acids is 2. The molecule has 0 unspecified atom stereocenters. The van der Waals surface area contributed by atoms with Crippen molar-refractivity contribution in [2.24, 2.45) is 23.7 Å². The monoisotopic (exact) mass is 417 g/mol. The Balaban J connectivity index is 1.49. The normalized spacial score (nSPS) is 25.5. The number of allylic oxidation sites excluding steroid dienone is 3. The van der Waals surface area contributed by atoms with Gasteiger partial charge in [-0.3, -0.25) is 9.59 Å². The Hall–Kier alpha value is -3.72. The summed E-state index contributed by atoms with van der Waals surface area (Å²) in [7, 11) is 0. The summed E-state index contributed by atoms with van der Waals surface area (Å²) >= 11 is 0. The molecule has 1 aliphatic heterocycles. The third-order valence-electron chi connectivity index (χ3n) is 7.09. The van der Waals surface area contributed by atoms with Gasteiger partial charge in [-0.15, -0.1) is 0 Å². The second-order valence-electron chi connectivity index (χ2n) is 8.90. The molecule has 6 rings (SSSR count). The Morgan fingerprint density at radius 3 is 1.72 bits per heavy atom. The largest absolute Gasteiger partial charge is 0.274 e. The van der Waals surface area contributed by atoms with Gasteiger partial charge in [-0.1, -0.05) is 84.9 Å². The molecular weight excluding hydrogens is 394 g/mol. The van der Waals surface area contributed by atoms with E-state index in [1.807, 2.05) is 67.6 Å². The lowest BCUT2D eigenvalue weighted by atomic mass is 9.85. The van der Waals surface area contributed by atoms with E-state index in [1.54, 1.807) is 0 Å². The van der Waals surface area contributed by atoms with Crippen molar-refractivity contribution in [3.63, 3.8) is 0 Å². The summed E-state index contributed by atoms with van der Waals surface area (Å²) in [6, 6.07) is 28.3. The molecule has 32 heavy (non-hydrogen) atoms. The Morgan fingerprint density at radius 2 is 1.22 bits per heavy atom. The lowest BCUT2D eigenvalue weighted by Gasteiger charge is -2.21. The van der Waals surface area contributed by atoms with E-state index in [2.05, 4.69) is 36.4 Å². The highest BCUT2D eigenvalue weighted by atomic mass is 16.2. The van der Waals surface area contributed by atoms with E-state index < -0.39 is 0 Å². The summed E-state index contributed by atoms with van der Waals surface area (Å²) < 4.78 is 0. The van der Waals surface area contributed by atoms with Crippen LogP contribution >= 0.6 is 0 Å². The van der Waals surface area contributed by atoms with Crippen LogP contribution in [0.1, 0.15) is 16.7 Å². The molecule has 2 amide bonds. The second kappa shape index (κ2) is 7.16. The fraction of sp³-hybridized carbons (Fsp3) is 0.172. The molecule has 156 valence electrons. The molecular formula is C29H23NO2. The molecule has 0 spiro atoms. The SMILES string of the molecule is Cc1cccc(N2C(=O)[C@@H]3[C@H](C2=O)[C@@H]2C=C[C@@H]3C2=C(c2ccccc2)c2ccccc2)c1. The molecule has 0 radical (unpaired) electrons. The van der Waals surface area contributed by atoms with E-state index in [1.165, 1.54) is 10.5 Å². The maximum absolute atomic E-state index is 13.6. The maximum Gasteiger partial charge on any atom is 0.238 e. The minimum Gasteiger partial charge on any atom is -0.274 e. The highest BCUT2D eigenvalue weighted by Crippen LogP contribution is 2.58. The number of fused-ring (bicyclic) bond motifs is 5. The van der Waals surface area contributed by atoms with E-state index in [4.69, 9.17) is 0 Å². The van der Waals surface area contributed by atoms with Gasteiger partial charge in [0.1, 0.15) is 0 Å². The summed E-state index contributed by atoms with van der Waals surface area (Å²) in [6.07, 6.45) is 4.30. The van der Waals surface area contributed by atoms with Crippen LogP contribution in [0.5, 0.6) is 0 Å². The number of nitrogens with zero attached hydrogens (tertiary/aromatic N) is 1. The predicted molar refractivity (Wildman–Crippen MR) is 126 cm³/mol. The van der Waals surface area contributed by atoms with E-state index in [0.29, 0.717) is 5.69 Å². The van der Waals surface area contributed by atoms with Gasteiger partial charge < -0.3 is 0 Å². The minimum absolute atomic E-state index is 0.0494. The molecule has 1 heterocycles. The molecule has 3 nitrogen and oxygen atoms in total. The predicted octanol–water partition coefficient (Wildman–Crippen LogP) is 5.42. The quantitative estimate of drug-likeness (QED) is 0.422. The topological polar surface area (TPSA) is 37.4 Å². The Bertz CT molecular complexity index is 1210. The zero-order chi connectivity index (χ0) is 21.8. The average Bonchev–Trinajstić information content (AvgIpc) is 3.45. The first-order valence-electron chi connectivity index (χ1n) is 11.1. The van der Waals surface area contributed by atoms with Crippen molar-refractivity contribution in [2.75, 3.05) is 4.90 Å². The van der Waals surface area contributed by atoms with Gasteiger partial charge in [0.05, 0.1) is 17.5 Å². The molecule has 0 aromatic heterocycles. The third-order valence-corrected chi connectivity index (χ3v) is 7.09. The number of hydrogen-bond acceptors (Lipinski definition) is 2. The van der Waals surface area contributed by atoms with Gasteiger partial charge in [0.2, 0.25) is 11.8 Å². The van der Waals surface area contributed by atoms with Crippen molar-refractivity contribution in [1.82, 2.24) is 0 Å². The molecule has 3 aromatic rings. The van der Waals surface area contributed by atoms with Gasteiger partial charge in [0.15, 0.2) is 0 Å². The van der Waals surface area contributed by atoms with Crippen molar-refractivity contribution in [1.29, 1.82) is 0 Å². The molecule has 2 bridgehead atoms. The fourth-order valence-corrected chi connectivity index (χ4v) is 5.83. The van der Waals surface area contributed by atoms with Crippen LogP contribution in [-0.4, -0.2) is 11.8 Å². The standard InChI is InChI=1S/C29H23NO2/c1-18-9-8-14-21(17-18)30-28(31)26-22-15-16-23(27(26)29(30)32)25(22)24(19-10-4-2-5-11-19)20-12-6-3-7-13-20/h2-17,22-23,26-27H,1H3/t22-,23-,26-,27+/m1/s1. The molecule has 3 aliphatic rings. The molecule has 2 aliphatic carbocycles. The average molecular weight is 418 g/mol. The number of rotatable bonds is 3. The van der Waals surface area contributed by atoms with Crippen molar-refractivity contribution >= 4 is 23.1 Å². The number of amides is 2. The second-order valence-corrected chi connectivity index (χ2v) is 8.90. The number of benzene rings is 3. The van der Waals surface area contributed by atoms with E-state index in [-0.39, 0.29) is 35.5 Å². The Labute approximate surface area is 187 Å². The summed E-state index contributed by atoms with van der Waals surface area (Å²) in [5, 5.41) is 0. The number of hydrogen-bond donors (Lipinski definition) is 0. The van der Waals surface area contributed by atoms with Crippen LogP contribution in [0.15, 0.2) is 103 Å². The van der Waals surface area contributed by atoms with Crippen molar-refractivity contribution in [2.45, 2.75) is 6.92 Å². The minimum atomic E-state index is -0.324. The smallest absolute Gasteiger partial charge is 0.238 e. The lowest BCUT2D eigenvalue weighted by Crippen LogP contribution is -2.33. The van der Waals surface area contributed by atoms with Gasteiger partial charge in [-0.25, -0.2) is 4.90 Å². The number of carbonyl (C=O) groups is 2. The van der Waals surface area contributed by atoms with Crippen LogP contribution in [-0.2, 0) is 9.59 Å². The fourth-order valence-electron chi connectivity index (χ4n) is 5.83. The summed E-state index contributed by atoms with van der Waals surface area (Å²) in [6.45, 7) is 1.98. The van der Waals surface area contributed by atoms with Crippen molar-refractivity contribution in [3.05, 3.63) is 119 Å². The Morgan fingerprint density at radius 1 is 0.688 bits per heavy atom. The Kier molecular flexibility index (Phi) is 4.25. The van der Waals surface area contributed by atoms with Crippen LogP contribution in [0.25, 0.3) is 5.57 Å². The van der Waals surface area contributed by atoms with Crippen LogP contribution < -0.4 is 4.90 Å². The molecule has 2 fully saturated rings. The highest BCUT2D eigenvalue weighted by molar-refractivity contribution is 6.23. The zero-order valence-electron chi connectivity index (χ0n) is 17.8. The van der Waals surface area contributed by atoms with Gasteiger partial charge >= 0.3 is 0 Å². The molecule has 1 saturated heterocycles. The van der Waals surface area contributed by atoms with E-state index >= 15 is 0 Å². The van der Waals surface area contributed by atoms with E-state index in [0.717, 1.165) is 22.3 Å². The number of imide groups is 1. The summed E-state index contributed by atoms with van der Waals surface area (Å²) in [4.78, 5) is 28.6. The molecule has 1 saturated carbocycles. The molecule has 4 atom stereocenters. The first-order chi connectivity index (χ1) is 15.6. The molecule has 3 aromatic carbocycles. The first-order valence-corrected chi connectivity index (χ1v) is 11.1. The van der Waals surface area contributed by atoms with Gasteiger partial charge in [-0.2, -0.15) is 0 Å². The molecule has 3 heteroatoms. The van der Waals surface area contributed by atoms with E-state index in [9.17, 15) is 9.59 Å². The number of anilines is 1. The van der Waals surface area contributed by atoms with Gasteiger partial charge in [0, 0.05) is 11.8 Å². The zero-order valence-corrected chi connectivity index (χ0v) is 17.8. The van der Waals surface area contributed by atoms with Crippen molar-refractivity contribution in [3.8, 4) is 0 Å². The third kappa shape index (κ3) is 2.67.